The molecule has 4 fully saturated rings. The first-order valence-corrected chi connectivity index (χ1v) is 7.80. The first-order valence-electron chi connectivity index (χ1n) is 7.80. The predicted molar refractivity (Wildman–Crippen MR) is 73.5 cm³/mol. The number of ketones is 1. The van der Waals surface area contributed by atoms with E-state index >= 15 is 0 Å². The van der Waals surface area contributed by atoms with Crippen LogP contribution in [0.4, 0.5) is 4.39 Å². The number of carbonyl (C=O) groups excluding carboxylic acids is 3. The van der Waals surface area contributed by atoms with Crippen molar-refractivity contribution in [2.24, 2.45) is 17.8 Å². The summed E-state index contributed by atoms with van der Waals surface area (Å²) in [4.78, 5) is 35.3. The van der Waals surface area contributed by atoms with Gasteiger partial charge >= 0.3 is 11.9 Å². The van der Waals surface area contributed by atoms with Crippen molar-refractivity contribution in [3.63, 3.8) is 0 Å². The topological polar surface area (TPSA) is 69.7 Å². The number of alkyl halides is 1. The molecule has 22 heavy (non-hydrogen) atoms. The van der Waals surface area contributed by atoms with Crippen molar-refractivity contribution in [2.75, 3.05) is 6.61 Å². The highest BCUT2D eigenvalue weighted by molar-refractivity contribution is 5.86. The van der Waals surface area contributed by atoms with Crippen LogP contribution in [0.15, 0.2) is 0 Å². The Balaban J connectivity index is 1.58. The molecule has 0 saturated heterocycles. The molecule has 0 aliphatic heterocycles. The molecule has 0 amide bonds. The van der Waals surface area contributed by atoms with Crippen molar-refractivity contribution >= 4 is 17.7 Å². The molecule has 0 aromatic rings. The number of halogens is 1. The standard InChI is InChI=1S/C16H21FO5/c1-15(2,17)14(20)21-8-12(18)22-16-5-9-3-10(6-16)13(19)11(4-9)7-16/h9-11H,3-8H2,1-2H3. The van der Waals surface area contributed by atoms with Crippen molar-refractivity contribution < 1.29 is 28.2 Å². The Kier molecular flexibility index (Phi) is 3.53. The fraction of sp³-hybridized carbons (Fsp3) is 0.812. The second-order valence-corrected chi connectivity index (χ2v) is 7.45. The number of rotatable bonds is 4. The number of hydrogen-bond acceptors (Lipinski definition) is 5. The van der Waals surface area contributed by atoms with Crippen LogP contribution in [-0.2, 0) is 23.9 Å². The van der Waals surface area contributed by atoms with E-state index in [1.807, 2.05) is 0 Å². The van der Waals surface area contributed by atoms with Gasteiger partial charge in [-0.15, -0.1) is 0 Å². The van der Waals surface area contributed by atoms with Crippen LogP contribution in [0.1, 0.15) is 46.0 Å². The second kappa shape index (κ2) is 5.03. The van der Waals surface area contributed by atoms with Gasteiger partial charge in [0.25, 0.3) is 0 Å². The SMILES string of the molecule is CC(C)(F)C(=O)OCC(=O)OC12CC3CC(C1)C(=O)C(C3)C2. The average Bonchev–Trinajstić information content (AvgIpc) is 2.39. The van der Waals surface area contributed by atoms with Gasteiger partial charge in [-0.25, -0.2) is 14.0 Å². The molecule has 0 N–H and O–H groups in total. The molecule has 122 valence electrons. The van der Waals surface area contributed by atoms with Crippen LogP contribution in [-0.4, -0.2) is 35.6 Å². The molecule has 0 aromatic carbocycles. The maximum atomic E-state index is 13.3. The Morgan fingerprint density at radius 1 is 1.23 bits per heavy atom. The first-order chi connectivity index (χ1) is 10.2. The lowest BCUT2D eigenvalue weighted by atomic mass is 9.53. The van der Waals surface area contributed by atoms with E-state index in [1.54, 1.807) is 0 Å². The fourth-order valence-electron chi connectivity index (χ4n) is 4.37. The summed E-state index contributed by atoms with van der Waals surface area (Å²) >= 11 is 0. The zero-order valence-corrected chi connectivity index (χ0v) is 12.9. The minimum Gasteiger partial charge on any atom is -0.456 e. The van der Waals surface area contributed by atoms with Crippen LogP contribution in [0, 0.1) is 17.8 Å². The van der Waals surface area contributed by atoms with Gasteiger partial charge < -0.3 is 9.47 Å². The fourth-order valence-corrected chi connectivity index (χ4v) is 4.37. The van der Waals surface area contributed by atoms with Crippen molar-refractivity contribution in [2.45, 2.75) is 57.2 Å². The largest absolute Gasteiger partial charge is 0.456 e. The van der Waals surface area contributed by atoms with E-state index in [0.717, 1.165) is 33.1 Å². The number of hydrogen-bond donors (Lipinski definition) is 0. The summed E-state index contributed by atoms with van der Waals surface area (Å²) < 4.78 is 23.5. The van der Waals surface area contributed by atoms with Gasteiger partial charge in [0.1, 0.15) is 11.4 Å². The monoisotopic (exact) mass is 312 g/mol. The van der Waals surface area contributed by atoms with Crippen LogP contribution in [0.5, 0.6) is 0 Å². The van der Waals surface area contributed by atoms with E-state index in [0.29, 0.717) is 24.5 Å². The normalized spacial score (nSPS) is 36.3. The third-order valence-electron chi connectivity index (χ3n) is 5.07. The van der Waals surface area contributed by atoms with Crippen LogP contribution in [0.25, 0.3) is 0 Å². The lowest BCUT2D eigenvalue weighted by Gasteiger charge is -2.54. The zero-order valence-electron chi connectivity index (χ0n) is 12.9. The van der Waals surface area contributed by atoms with Gasteiger partial charge in [0.2, 0.25) is 5.67 Å². The number of Topliss-reactive ketones (excluding diaryl/α,β-unsaturated/α-hetero) is 1. The summed E-state index contributed by atoms with van der Waals surface area (Å²) in [5, 5.41) is 0. The lowest BCUT2D eigenvalue weighted by molar-refractivity contribution is -0.194. The van der Waals surface area contributed by atoms with Gasteiger partial charge in [-0.05, 0) is 51.9 Å². The molecule has 4 rings (SSSR count). The quantitative estimate of drug-likeness (QED) is 0.742. The molecule has 4 aliphatic carbocycles. The molecule has 5 nitrogen and oxygen atoms in total. The molecule has 0 heterocycles. The minimum atomic E-state index is -2.13. The van der Waals surface area contributed by atoms with Crippen LogP contribution in [0.3, 0.4) is 0 Å². The van der Waals surface area contributed by atoms with E-state index in [9.17, 15) is 18.8 Å². The molecule has 4 aliphatic rings. The van der Waals surface area contributed by atoms with Gasteiger partial charge in [0, 0.05) is 11.8 Å². The average molecular weight is 312 g/mol. The highest BCUT2D eigenvalue weighted by Crippen LogP contribution is 2.55. The van der Waals surface area contributed by atoms with Gasteiger partial charge in [-0.2, -0.15) is 0 Å². The summed E-state index contributed by atoms with van der Waals surface area (Å²) in [6.07, 6.45) is 3.74. The smallest absolute Gasteiger partial charge is 0.344 e. The maximum Gasteiger partial charge on any atom is 0.344 e. The van der Waals surface area contributed by atoms with Crippen LogP contribution >= 0.6 is 0 Å². The molecule has 2 unspecified atom stereocenters. The third kappa shape index (κ3) is 2.75. The Labute approximate surface area is 128 Å². The Hall–Kier alpha value is -1.46. The summed E-state index contributed by atoms with van der Waals surface area (Å²) in [6, 6.07) is 0. The predicted octanol–water partition coefficient (Wildman–Crippen LogP) is 1.97. The van der Waals surface area contributed by atoms with E-state index in [4.69, 9.17) is 4.74 Å². The molecular formula is C16H21FO5. The van der Waals surface area contributed by atoms with Gasteiger partial charge in [-0.1, -0.05) is 0 Å². The number of ether oxygens (including phenoxy) is 2. The number of esters is 2. The van der Waals surface area contributed by atoms with Gasteiger partial charge in [0.15, 0.2) is 6.61 Å². The van der Waals surface area contributed by atoms with Crippen molar-refractivity contribution in [1.29, 1.82) is 0 Å². The molecule has 0 spiro atoms. The molecule has 2 atom stereocenters. The van der Waals surface area contributed by atoms with Crippen molar-refractivity contribution in [3.05, 3.63) is 0 Å². The molecule has 6 heteroatoms. The van der Waals surface area contributed by atoms with Gasteiger partial charge in [-0.3, -0.25) is 4.79 Å². The maximum absolute atomic E-state index is 13.3. The van der Waals surface area contributed by atoms with Gasteiger partial charge in [0.05, 0.1) is 0 Å². The van der Waals surface area contributed by atoms with Crippen molar-refractivity contribution in [1.82, 2.24) is 0 Å². The first kappa shape index (κ1) is 15.4. The summed E-state index contributed by atoms with van der Waals surface area (Å²) in [6.45, 7) is 1.57. The van der Waals surface area contributed by atoms with E-state index in [2.05, 4.69) is 4.74 Å². The van der Waals surface area contributed by atoms with Crippen molar-refractivity contribution in [3.8, 4) is 0 Å². The summed E-state index contributed by atoms with van der Waals surface area (Å²) in [5.41, 5.74) is -2.72. The highest BCUT2D eigenvalue weighted by atomic mass is 19.1. The van der Waals surface area contributed by atoms with Crippen LogP contribution < -0.4 is 0 Å². The third-order valence-corrected chi connectivity index (χ3v) is 5.07. The Bertz CT molecular complexity index is 503. The lowest BCUT2D eigenvalue weighted by Crippen LogP contribution is -2.57. The minimum absolute atomic E-state index is 0.00590. The van der Waals surface area contributed by atoms with E-state index < -0.39 is 29.8 Å². The molecule has 0 aromatic heterocycles. The van der Waals surface area contributed by atoms with E-state index in [1.165, 1.54) is 0 Å². The zero-order chi connectivity index (χ0) is 16.1. The molecule has 4 bridgehead atoms. The second-order valence-electron chi connectivity index (χ2n) is 7.45. The summed E-state index contributed by atoms with van der Waals surface area (Å²) in [7, 11) is 0. The highest BCUT2D eigenvalue weighted by Gasteiger charge is 2.57. The van der Waals surface area contributed by atoms with E-state index in [-0.39, 0.29) is 11.8 Å². The number of carbonyl (C=O) groups is 3. The Morgan fingerprint density at radius 2 is 1.82 bits per heavy atom. The van der Waals surface area contributed by atoms with Crippen LogP contribution in [0.2, 0.25) is 0 Å². The molecular weight excluding hydrogens is 291 g/mol. The Morgan fingerprint density at radius 3 is 2.36 bits per heavy atom. The molecule has 0 radical (unpaired) electrons. The summed E-state index contributed by atoms with van der Waals surface area (Å²) in [5.74, 6) is -0.974. The molecule has 4 saturated carbocycles.